The molecule has 3 rings (SSSR count). The number of halogens is 1. The van der Waals surface area contributed by atoms with E-state index in [4.69, 9.17) is 11.6 Å². The molecule has 1 aliphatic heterocycles. The van der Waals surface area contributed by atoms with Crippen LogP contribution in [0.15, 0.2) is 53.4 Å². The monoisotopic (exact) mass is 492 g/mol. The van der Waals surface area contributed by atoms with Crippen LogP contribution in [0, 0.1) is 0 Å². The molecule has 1 heterocycles. The molecule has 1 atom stereocenters. The van der Waals surface area contributed by atoms with E-state index in [1.165, 1.54) is 24.3 Å². The van der Waals surface area contributed by atoms with E-state index in [-0.39, 0.29) is 29.0 Å². The van der Waals surface area contributed by atoms with Gasteiger partial charge in [-0.25, -0.2) is 13.1 Å². The summed E-state index contributed by atoms with van der Waals surface area (Å²) in [5.74, 6) is -0.592. The molecule has 178 valence electrons. The molecular weight excluding hydrogens is 464 g/mol. The number of sulfonamides is 1. The maximum Gasteiger partial charge on any atom is 0.251 e. The lowest BCUT2D eigenvalue weighted by molar-refractivity contribution is -0.130. The van der Waals surface area contributed by atoms with E-state index in [0.29, 0.717) is 37.6 Å². The van der Waals surface area contributed by atoms with Crippen molar-refractivity contribution in [3.05, 3.63) is 59.1 Å². The molecule has 2 aromatic rings. The lowest BCUT2D eigenvalue weighted by atomic mass is 10.2. The fraction of sp³-hybridized carbons (Fsp3) is 0.391. The molecule has 0 saturated carbocycles. The molecule has 0 spiro atoms. The summed E-state index contributed by atoms with van der Waals surface area (Å²) in [6.45, 7) is 6.02. The molecule has 0 aromatic heterocycles. The second-order valence-electron chi connectivity index (χ2n) is 7.99. The number of rotatable bonds is 8. The van der Waals surface area contributed by atoms with Gasteiger partial charge in [0.1, 0.15) is 0 Å². The molecule has 8 nitrogen and oxygen atoms in total. The van der Waals surface area contributed by atoms with E-state index in [1.54, 1.807) is 11.8 Å². The molecule has 33 heavy (non-hydrogen) atoms. The standard InChI is InChI=1S/C23H29ClN4O4S/c1-3-17(2)26-33(31,32)21-9-7-18(8-10-21)23(30)25-16-22(29)28-13-11-27(12-14-28)20-6-4-5-19(24)15-20/h4-10,15,17,26H,3,11-14,16H2,1-2H3,(H,25,30). The fourth-order valence-corrected chi connectivity index (χ4v) is 4.97. The minimum absolute atomic E-state index is 0.0907. The Morgan fingerprint density at radius 2 is 1.73 bits per heavy atom. The van der Waals surface area contributed by atoms with Gasteiger partial charge in [-0.05, 0) is 55.8 Å². The number of anilines is 1. The summed E-state index contributed by atoms with van der Waals surface area (Å²) in [7, 11) is -3.64. The van der Waals surface area contributed by atoms with Gasteiger partial charge in [0.15, 0.2) is 0 Å². The molecule has 0 bridgehead atoms. The van der Waals surface area contributed by atoms with Crippen molar-refractivity contribution in [3.63, 3.8) is 0 Å². The fourth-order valence-electron chi connectivity index (χ4n) is 3.46. The average molecular weight is 493 g/mol. The van der Waals surface area contributed by atoms with E-state index < -0.39 is 15.9 Å². The van der Waals surface area contributed by atoms with Crippen LogP contribution in [0.2, 0.25) is 5.02 Å². The predicted molar refractivity (Wildman–Crippen MR) is 129 cm³/mol. The number of nitrogens with zero attached hydrogens (tertiary/aromatic N) is 2. The van der Waals surface area contributed by atoms with Gasteiger partial charge in [0.05, 0.1) is 11.4 Å². The zero-order valence-electron chi connectivity index (χ0n) is 18.8. The Hall–Kier alpha value is -2.62. The van der Waals surface area contributed by atoms with Crippen LogP contribution in [-0.2, 0) is 14.8 Å². The van der Waals surface area contributed by atoms with Crippen molar-refractivity contribution in [1.29, 1.82) is 0 Å². The molecule has 10 heteroatoms. The predicted octanol–water partition coefficient (Wildman–Crippen LogP) is 2.50. The van der Waals surface area contributed by atoms with Crippen molar-refractivity contribution >= 4 is 39.1 Å². The van der Waals surface area contributed by atoms with Crippen LogP contribution in [0.25, 0.3) is 0 Å². The van der Waals surface area contributed by atoms with Crippen molar-refractivity contribution < 1.29 is 18.0 Å². The van der Waals surface area contributed by atoms with Crippen LogP contribution >= 0.6 is 11.6 Å². The molecular formula is C23H29ClN4O4S. The number of amides is 2. The Morgan fingerprint density at radius 3 is 2.33 bits per heavy atom. The van der Waals surface area contributed by atoms with E-state index >= 15 is 0 Å². The summed E-state index contributed by atoms with van der Waals surface area (Å²) < 4.78 is 27.2. The minimum Gasteiger partial charge on any atom is -0.368 e. The van der Waals surface area contributed by atoms with E-state index in [2.05, 4.69) is 14.9 Å². The number of carbonyl (C=O) groups is 2. The molecule has 2 aromatic carbocycles. The molecule has 0 aliphatic carbocycles. The van der Waals surface area contributed by atoms with Crippen molar-refractivity contribution in [2.75, 3.05) is 37.6 Å². The van der Waals surface area contributed by atoms with Crippen molar-refractivity contribution in [1.82, 2.24) is 14.9 Å². The van der Waals surface area contributed by atoms with E-state index in [0.717, 1.165) is 5.69 Å². The van der Waals surface area contributed by atoms with Gasteiger partial charge in [0.2, 0.25) is 15.9 Å². The number of benzene rings is 2. The Kier molecular flexibility index (Phi) is 8.34. The average Bonchev–Trinajstić information content (AvgIpc) is 2.82. The second kappa shape index (κ2) is 11.0. The maximum absolute atomic E-state index is 12.5. The number of piperazine rings is 1. The summed E-state index contributed by atoms with van der Waals surface area (Å²) in [6.07, 6.45) is 0.670. The highest BCUT2D eigenvalue weighted by molar-refractivity contribution is 7.89. The van der Waals surface area contributed by atoms with Gasteiger partial charge in [-0.2, -0.15) is 0 Å². The van der Waals surface area contributed by atoms with E-state index in [9.17, 15) is 18.0 Å². The second-order valence-corrected chi connectivity index (χ2v) is 10.1. The summed E-state index contributed by atoms with van der Waals surface area (Å²) in [5.41, 5.74) is 1.31. The first-order chi connectivity index (χ1) is 15.7. The zero-order chi connectivity index (χ0) is 24.0. The van der Waals surface area contributed by atoms with Gasteiger partial charge in [-0.15, -0.1) is 0 Å². The number of nitrogens with one attached hydrogen (secondary N) is 2. The van der Waals surface area contributed by atoms with Gasteiger partial charge in [-0.1, -0.05) is 24.6 Å². The molecule has 1 aliphatic rings. The highest BCUT2D eigenvalue weighted by Crippen LogP contribution is 2.20. The smallest absolute Gasteiger partial charge is 0.251 e. The van der Waals surface area contributed by atoms with Gasteiger partial charge >= 0.3 is 0 Å². The summed E-state index contributed by atoms with van der Waals surface area (Å²) in [4.78, 5) is 28.9. The zero-order valence-corrected chi connectivity index (χ0v) is 20.3. The highest BCUT2D eigenvalue weighted by Gasteiger charge is 2.22. The third-order valence-corrected chi connectivity index (χ3v) is 7.44. The Morgan fingerprint density at radius 1 is 1.06 bits per heavy atom. The summed E-state index contributed by atoms with van der Waals surface area (Å²) >= 11 is 6.06. The van der Waals surface area contributed by atoms with Crippen LogP contribution in [0.5, 0.6) is 0 Å². The van der Waals surface area contributed by atoms with Crippen LogP contribution in [0.1, 0.15) is 30.6 Å². The van der Waals surface area contributed by atoms with Crippen molar-refractivity contribution in [3.8, 4) is 0 Å². The molecule has 1 fully saturated rings. The Balaban J connectivity index is 1.49. The maximum atomic E-state index is 12.5. The highest BCUT2D eigenvalue weighted by atomic mass is 35.5. The Bertz CT molecular complexity index is 1080. The third kappa shape index (κ3) is 6.69. The minimum atomic E-state index is -3.64. The third-order valence-electron chi connectivity index (χ3n) is 5.60. The molecule has 0 radical (unpaired) electrons. The first-order valence-corrected chi connectivity index (χ1v) is 12.7. The number of carbonyl (C=O) groups excluding carboxylic acids is 2. The SMILES string of the molecule is CCC(C)NS(=O)(=O)c1ccc(C(=O)NCC(=O)N2CCN(c3cccc(Cl)c3)CC2)cc1. The van der Waals surface area contributed by atoms with E-state index in [1.807, 2.05) is 31.2 Å². The normalized spacial score (nSPS) is 15.2. The Labute approximate surface area is 200 Å². The topological polar surface area (TPSA) is 98.8 Å². The summed E-state index contributed by atoms with van der Waals surface area (Å²) in [6, 6.07) is 13.1. The van der Waals surface area contributed by atoms with Crippen LogP contribution in [-0.4, -0.2) is 63.9 Å². The van der Waals surface area contributed by atoms with Crippen LogP contribution in [0.3, 0.4) is 0 Å². The number of hydrogen-bond acceptors (Lipinski definition) is 5. The first kappa shape index (κ1) is 25.0. The van der Waals surface area contributed by atoms with Crippen molar-refractivity contribution in [2.24, 2.45) is 0 Å². The molecule has 1 unspecified atom stereocenters. The lowest BCUT2D eigenvalue weighted by Crippen LogP contribution is -2.51. The van der Waals surface area contributed by atoms with Crippen LogP contribution in [0.4, 0.5) is 5.69 Å². The summed E-state index contributed by atoms with van der Waals surface area (Å²) in [5, 5.41) is 3.29. The van der Waals surface area contributed by atoms with Gasteiger partial charge in [0.25, 0.3) is 5.91 Å². The largest absolute Gasteiger partial charge is 0.368 e. The lowest BCUT2D eigenvalue weighted by Gasteiger charge is -2.36. The van der Waals surface area contributed by atoms with Gasteiger partial charge in [-0.3, -0.25) is 9.59 Å². The molecule has 1 saturated heterocycles. The quantitative estimate of drug-likeness (QED) is 0.590. The number of hydrogen-bond donors (Lipinski definition) is 2. The van der Waals surface area contributed by atoms with Gasteiger partial charge in [0, 0.05) is 48.5 Å². The molecule has 2 amide bonds. The van der Waals surface area contributed by atoms with Gasteiger partial charge < -0.3 is 15.1 Å². The molecule has 2 N–H and O–H groups in total. The first-order valence-electron chi connectivity index (χ1n) is 10.9. The van der Waals surface area contributed by atoms with Crippen molar-refractivity contribution in [2.45, 2.75) is 31.2 Å². The van der Waals surface area contributed by atoms with Crippen LogP contribution < -0.4 is 14.9 Å².